The smallest absolute Gasteiger partial charge is 0.0949 e. The van der Waals surface area contributed by atoms with Crippen LogP contribution in [-0.2, 0) is 6.54 Å². The second kappa shape index (κ2) is 6.93. The van der Waals surface area contributed by atoms with Crippen molar-refractivity contribution in [2.24, 2.45) is 0 Å². The Morgan fingerprint density at radius 3 is 2.81 bits per heavy atom. The number of piperidine rings is 2. The number of hydrogen-bond acceptors (Lipinski definition) is 3. The monoisotopic (exact) mass is 290 g/mol. The summed E-state index contributed by atoms with van der Waals surface area (Å²) in [5.74, 6) is 0. The predicted molar refractivity (Wildman–Crippen MR) is 86.3 cm³/mol. The SMILES string of the molecule is CC1CCCC(c2cncn2CC(C)N2CCCCC2)N1. The number of hydrogen-bond donors (Lipinski definition) is 1. The summed E-state index contributed by atoms with van der Waals surface area (Å²) in [6.07, 6.45) is 12.1. The van der Waals surface area contributed by atoms with Crippen molar-refractivity contribution in [2.45, 2.75) is 77.0 Å². The molecule has 2 fully saturated rings. The van der Waals surface area contributed by atoms with Gasteiger partial charge in [-0.15, -0.1) is 0 Å². The van der Waals surface area contributed by atoms with Crippen LogP contribution in [-0.4, -0.2) is 39.6 Å². The van der Waals surface area contributed by atoms with Gasteiger partial charge in [-0.25, -0.2) is 4.98 Å². The molecule has 0 aromatic carbocycles. The molecule has 21 heavy (non-hydrogen) atoms. The summed E-state index contributed by atoms with van der Waals surface area (Å²) in [7, 11) is 0. The Morgan fingerprint density at radius 1 is 1.24 bits per heavy atom. The van der Waals surface area contributed by atoms with Crippen LogP contribution in [0.1, 0.15) is 64.1 Å². The normalized spacial score (nSPS) is 29.4. The molecule has 2 saturated heterocycles. The third-order valence-electron chi connectivity index (χ3n) is 5.19. The highest BCUT2D eigenvalue weighted by Crippen LogP contribution is 2.25. The van der Waals surface area contributed by atoms with E-state index in [-0.39, 0.29) is 0 Å². The maximum Gasteiger partial charge on any atom is 0.0949 e. The van der Waals surface area contributed by atoms with Crippen molar-refractivity contribution in [3.63, 3.8) is 0 Å². The zero-order valence-electron chi connectivity index (χ0n) is 13.6. The van der Waals surface area contributed by atoms with Gasteiger partial charge >= 0.3 is 0 Å². The van der Waals surface area contributed by atoms with Gasteiger partial charge in [0.25, 0.3) is 0 Å². The Labute approximate surface area is 128 Å². The van der Waals surface area contributed by atoms with Crippen LogP contribution in [0, 0.1) is 0 Å². The van der Waals surface area contributed by atoms with E-state index in [1.807, 2.05) is 6.33 Å². The zero-order valence-corrected chi connectivity index (χ0v) is 13.6. The molecule has 1 aromatic rings. The van der Waals surface area contributed by atoms with Crippen LogP contribution in [0.5, 0.6) is 0 Å². The first-order valence-corrected chi connectivity index (χ1v) is 8.74. The summed E-state index contributed by atoms with van der Waals surface area (Å²) >= 11 is 0. The molecular formula is C17H30N4. The van der Waals surface area contributed by atoms with Crippen LogP contribution < -0.4 is 5.32 Å². The second-order valence-electron chi connectivity index (χ2n) is 6.97. The molecule has 3 rings (SSSR count). The van der Waals surface area contributed by atoms with E-state index >= 15 is 0 Å². The van der Waals surface area contributed by atoms with Crippen LogP contribution in [0.2, 0.25) is 0 Å². The average molecular weight is 290 g/mol. The number of nitrogens with zero attached hydrogens (tertiary/aromatic N) is 3. The van der Waals surface area contributed by atoms with E-state index in [1.54, 1.807) is 0 Å². The molecule has 0 saturated carbocycles. The van der Waals surface area contributed by atoms with E-state index in [1.165, 1.54) is 57.3 Å². The molecule has 4 heteroatoms. The first kappa shape index (κ1) is 15.0. The topological polar surface area (TPSA) is 33.1 Å². The van der Waals surface area contributed by atoms with E-state index in [0.717, 1.165) is 6.54 Å². The predicted octanol–water partition coefficient (Wildman–Crippen LogP) is 2.96. The molecule has 4 nitrogen and oxygen atoms in total. The second-order valence-corrected chi connectivity index (χ2v) is 6.97. The van der Waals surface area contributed by atoms with Crippen molar-refractivity contribution in [1.82, 2.24) is 19.8 Å². The molecule has 2 aliphatic heterocycles. The molecule has 1 N–H and O–H groups in total. The summed E-state index contributed by atoms with van der Waals surface area (Å²) in [5, 5.41) is 3.74. The zero-order chi connectivity index (χ0) is 14.7. The summed E-state index contributed by atoms with van der Waals surface area (Å²) in [4.78, 5) is 7.07. The minimum Gasteiger partial charge on any atom is -0.332 e. The molecule has 1 aromatic heterocycles. The Bertz CT molecular complexity index is 436. The fourth-order valence-corrected chi connectivity index (χ4v) is 3.90. The Hall–Kier alpha value is -0.870. The van der Waals surface area contributed by atoms with Crippen molar-refractivity contribution >= 4 is 0 Å². The Balaban J connectivity index is 1.64. The van der Waals surface area contributed by atoms with E-state index in [2.05, 4.69) is 39.8 Å². The number of aromatic nitrogens is 2. The Kier molecular flexibility index (Phi) is 4.96. The molecule has 118 valence electrons. The average Bonchev–Trinajstić information content (AvgIpc) is 2.96. The number of likely N-dealkylation sites (tertiary alicyclic amines) is 1. The molecular weight excluding hydrogens is 260 g/mol. The van der Waals surface area contributed by atoms with Gasteiger partial charge in [-0.2, -0.15) is 0 Å². The fraction of sp³-hybridized carbons (Fsp3) is 0.824. The van der Waals surface area contributed by atoms with Gasteiger partial charge in [0.05, 0.1) is 12.0 Å². The molecule has 0 amide bonds. The van der Waals surface area contributed by atoms with Gasteiger partial charge in [0.1, 0.15) is 0 Å². The largest absolute Gasteiger partial charge is 0.332 e. The molecule has 0 radical (unpaired) electrons. The highest BCUT2D eigenvalue weighted by molar-refractivity contribution is 5.07. The quantitative estimate of drug-likeness (QED) is 0.925. The third kappa shape index (κ3) is 3.67. The third-order valence-corrected chi connectivity index (χ3v) is 5.19. The standard InChI is InChI=1S/C17H30N4/c1-14-7-6-8-16(19-14)17-11-18-13-21(17)12-15(2)20-9-4-3-5-10-20/h11,13-16,19H,3-10,12H2,1-2H3. The molecule has 3 atom stereocenters. The van der Waals surface area contributed by atoms with Crippen LogP contribution in [0.25, 0.3) is 0 Å². The van der Waals surface area contributed by atoms with Gasteiger partial charge in [0.2, 0.25) is 0 Å². The first-order valence-electron chi connectivity index (χ1n) is 8.74. The van der Waals surface area contributed by atoms with Gasteiger partial charge in [-0.05, 0) is 59.0 Å². The van der Waals surface area contributed by atoms with Gasteiger partial charge in [-0.1, -0.05) is 6.42 Å². The van der Waals surface area contributed by atoms with Crippen molar-refractivity contribution in [3.8, 4) is 0 Å². The van der Waals surface area contributed by atoms with Crippen molar-refractivity contribution in [2.75, 3.05) is 13.1 Å². The lowest BCUT2D eigenvalue weighted by atomic mass is 9.97. The van der Waals surface area contributed by atoms with E-state index in [0.29, 0.717) is 18.1 Å². The van der Waals surface area contributed by atoms with E-state index < -0.39 is 0 Å². The van der Waals surface area contributed by atoms with Crippen LogP contribution in [0.15, 0.2) is 12.5 Å². The number of nitrogens with one attached hydrogen (secondary N) is 1. The minimum absolute atomic E-state index is 0.491. The number of imidazole rings is 1. The van der Waals surface area contributed by atoms with E-state index in [4.69, 9.17) is 0 Å². The molecule has 2 aliphatic rings. The maximum absolute atomic E-state index is 4.42. The fourth-order valence-electron chi connectivity index (χ4n) is 3.90. The molecule has 3 unspecified atom stereocenters. The first-order chi connectivity index (χ1) is 10.2. The van der Waals surface area contributed by atoms with Crippen LogP contribution in [0.3, 0.4) is 0 Å². The highest BCUT2D eigenvalue weighted by Gasteiger charge is 2.24. The van der Waals surface area contributed by atoms with Gasteiger partial charge in [-0.3, -0.25) is 4.90 Å². The lowest BCUT2D eigenvalue weighted by Crippen LogP contribution is -2.41. The molecule has 0 bridgehead atoms. The number of rotatable bonds is 4. The summed E-state index contributed by atoms with van der Waals surface area (Å²) < 4.78 is 2.38. The van der Waals surface area contributed by atoms with Crippen molar-refractivity contribution < 1.29 is 0 Å². The van der Waals surface area contributed by atoms with Gasteiger partial charge in [0.15, 0.2) is 0 Å². The maximum atomic E-state index is 4.42. The highest BCUT2D eigenvalue weighted by atomic mass is 15.2. The minimum atomic E-state index is 0.491. The summed E-state index contributed by atoms with van der Waals surface area (Å²) in [6, 6.07) is 1.73. The Morgan fingerprint density at radius 2 is 2.05 bits per heavy atom. The van der Waals surface area contributed by atoms with Crippen LogP contribution >= 0.6 is 0 Å². The lowest BCUT2D eigenvalue weighted by molar-refractivity contribution is 0.158. The van der Waals surface area contributed by atoms with Crippen molar-refractivity contribution in [1.29, 1.82) is 0 Å². The molecule has 3 heterocycles. The van der Waals surface area contributed by atoms with E-state index in [9.17, 15) is 0 Å². The van der Waals surface area contributed by atoms with Gasteiger partial charge in [0, 0.05) is 30.9 Å². The van der Waals surface area contributed by atoms with Gasteiger partial charge < -0.3 is 9.88 Å². The summed E-state index contributed by atoms with van der Waals surface area (Å²) in [6.45, 7) is 8.27. The van der Waals surface area contributed by atoms with Crippen molar-refractivity contribution in [3.05, 3.63) is 18.2 Å². The molecule has 0 spiro atoms. The summed E-state index contributed by atoms with van der Waals surface area (Å²) in [5.41, 5.74) is 1.38. The van der Waals surface area contributed by atoms with Crippen LogP contribution in [0.4, 0.5) is 0 Å². The lowest BCUT2D eigenvalue weighted by Gasteiger charge is -2.34. The molecule has 0 aliphatic carbocycles.